The number of hydrogen-bond donors (Lipinski definition) is 0. The third kappa shape index (κ3) is 7.39. The first-order valence-electron chi connectivity index (χ1n) is 20.6. The lowest BCUT2D eigenvalue weighted by atomic mass is 9.78. The average Bonchev–Trinajstić information content (AvgIpc) is 3.79. The highest BCUT2D eigenvalue weighted by atomic mass is 16.5. The van der Waals surface area contributed by atoms with Gasteiger partial charge >= 0.3 is 0 Å². The Morgan fingerprint density at radius 2 is 1.16 bits per heavy atom. The second-order valence-electron chi connectivity index (χ2n) is 19.6. The van der Waals surface area contributed by atoms with Crippen molar-refractivity contribution in [2.45, 2.75) is 92.4 Å². The van der Waals surface area contributed by atoms with Crippen molar-refractivity contribution in [2.24, 2.45) is 5.41 Å². The maximum absolute atomic E-state index is 6.73. The fourth-order valence-electron chi connectivity index (χ4n) is 8.17. The smallest absolute Gasteiger partial charge is 0.137 e. The van der Waals surface area contributed by atoms with E-state index in [-0.39, 0.29) is 21.7 Å². The number of anilines is 2. The van der Waals surface area contributed by atoms with Gasteiger partial charge in [-0.15, -0.1) is 0 Å². The molecule has 0 amide bonds. The fraction of sp³-hybridized carbons (Fsp3) is 0.302. The first-order valence-corrected chi connectivity index (χ1v) is 20.6. The lowest BCUT2D eigenvalue weighted by Crippen LogP contribution is -2.31. The van der Waals surface area contributed by atoms with E-state index in [9.17, 15) is 0 Å². The highest BCUT2D eigenvalue weighted by Gasteiger charge is 2.33. The van der Waals surface area contributed by atoms with Crippen LogP contribution in [-0.2, 0) is 16.2 Å². The van der Waals surface area contributed by atoms with Crippen molar-refractivity contribution in [2.75, 3.05) is 16.5 Å². The van der Waals surface area contributed by atoms with Gasteiger partial charge in [0.05, 0.1) is 17.7 Å². The SMILES string of the molecule is CC(C)(C)C1=CN(c2cccc(Oc3ccc4c5ccccc5n(-c5cc(C(C)(C)c6ccccc6)ccn5)c4c3)c2)CN1c1cc(C(C)(C)C)cc(C(C)(C)C)c1. The molecule has 0 aliphatic carbocycles. The molecule has 1 aliphatic heterocycles. The summed E-state index contributed by atoms with van der Waals surface area (Å²) in [6.45, 7) is 26.0. The molecule has 0 saturated heterocycles. The zero-order valence-electron chi connectivity index (χ0n) is 36.2. The van der Waals surface area contributed by atoms with Crippen molar-refractivity contribution in [3.05, 3.63) is 168 Å². The molecule has 0 saturated carbocycles. The topological polar surface area (TPSA) is 33.5 Å². The number of nitrogens with zero attached hydrogens (tertiary/aromatic N) is 4. The third-order valence-corrected chi connectivity index (χ3v) is 11.8. The van der Waals surface area contributed by atoms with Crippen molar-refractivity contribution in [3.63, 3.8) is 0 Å². The van der Waals surface area contributed by atoms with E-state index in [0.29, 0.717) is 6.67 Å². The van der Waals surface area contributed by atoms with E-state index in [2.05, 4.69) is 218 Å². The van der Waals surface area contributed by atoms with Crippen LogP contribution in [0.25, 0.3) is 27.6 Å². The predicted molar refractivity (Wildman–Crippen MR) is 245 cm³/mol. The molecule has 5 aromatic carbocycles. The zero-order valence-corrected chi connectivity index (χ0v) is 36.2. The van der Waals surface area contributed by atoms with E-state index in [1.54, 1.807) is 0 Å². The number of ether oxygens (including phenoxy) is 1. The second-order valence-corrected chi connectivity index (χ2v) is 19.6. The van der Waals surface area contributed by atoms with Gasteiger partial charge < -0.3 is 14.5 Å². The number of benzene rings is 5. The Balaban J connectivity index is 1.14. The van der Waals surface area contributed by atoms with Crippen LogP contribution in [0.3, 0.4) is 0 Å². The van der Waals surface area contributed by atoms with Crippen LogP contribution in [0.15, 0.2) is 145 Å². The van der Waals surface area contributed by atoms with Gasteiger partial charge in [-0.2, -0.15) is 0 Å². The Labute approximate surface area is 345 Å². The van der Waals surface area contributed by atoms with Gasteiger partial charge in [-0.1, -0.05) is 137 Å². The molecule has 0 N–H and O–H groups in total. The molecule has 0 radical (unpaired) electrons. The first-order chi connectivity index (χ1) is 27.4. The predicted octanol–water partition coefficient (Wildman–Crippen LogP) is 14.1. The number of para-hydroxylation sites is 1. The van der Waals surface area contributed by atoms with E-state index in [1.165, 1.54) is 39.0 Å². The number of allylic oxidation sites excluding steroid dienone is 1. The molecule has 0 spiro atoms. The van der Waals surface area contributed by atoms with Crippen molar-refractivity contribution in [1.29, 1.82) is 0 Å². The molecule has 0 bridgehead atoms. The molecule has 0 unspecified atom stereocenters. The Morgan fingerprint density at radius 1 is 0.500 bits per heavy atom. The van der Waals surface area contributed by atoms with E-state index in [1.807, 2.05) is 12.3 Å². The first kappa shape index (κ1) is 39.0. The summed E-state index contributed by atoms with van der Waals surface area (Å²) >= 11 is 0. The highest BCUT2D eigenvalue weighted by Crippen LogP contribution is 2.42. The molecule has 7 aromatic rings. The molecule has 2 aromatic heterocycles. The maximum Gasteiger partial charge on any atom is 0.137 e. The van der Waals surface area contributed by atoms with Crippen molar-refractivity contribution >= 4 is 33.2 Å². The molecule has 0 atom stereocenters. The van der Waals surface area contributed by atoms with E-state index >= 15 is 0 Å². The molecular weight excluding hydrogens is 709 g/mol. The summed E-state index contributed by atoms with van der Waals surface area (Å²) in [5.74, 6) is 2.45. The number of aromatic nitrogens is 2. The third-order valence-electron chi connectivity index (χ3n) is 11.8. The summed E-state index contributed by atoms with van der Waals surface area (Å²) < 4.78 is 9.00. The van der Waals surface area contributed by atoms with Gasteiger partial charge in [0.1, 0.15) is 17.3 Å². The lowest BCUT2D eigenvalue weighted by molar-refractivity contribution is 0.483. The Kier molecular flexibility index (Phi) is 9.58. The Morgan fingerprint density at radius 3 is 1.84 bits per heavy atom. The van der Waals surface area contributed by atoms with Gasteiger partial charge in [0.2, 0.25) is 0 Å². The Hall–Kier alpha value is -5.81. The van der Waals surface area contributed by atoms with Gasteiger partial charge in [0, 0.05) is 63.2 Å². The summed E-state index contributed by atoms with van der Waals surface area (Å²) in [7, 11) is 0. The second kappa shape index (κ2) is 14.2. The van der Waals surface area contributed by atoms with Crippen LogP contribution in [0.4, 0.5) is 11.4 Å². The molecule has 1 aliphatic rings. The van der Waals surface area contributed by atoms with Gasteiger partial charge in [-0.05, 0) is 87.7 Å². The summed E-state index contributed by atoms with van der Waals surface area (Å²) in [6, 6.07) is 45.7. The quantitative estimate of drug-likeness (QED) is 0.162. The number of rotatable bonds is 7. The van der Waals surface area contributed by atoms with Gasteiger partial charge in [-0.25, -0.2) is 4.98 Å². The molecule has 5 heteroatoms. The molecule has 58 heavy (non-hydrogen) atoms. The fourth-order valence-corrected chi connectivity index (χ4v) is 8.17. The minimum Gasteiger partial charge on any atom is -0.457 e. The van der Waals surface area contributed by atoms with Crippen molar-refractivity contribution in [1.82, 2.24) is 9.55 Å². The van der Waals surface area contributed by atoms with Gasteiger partial charge in [-0.3, -0.25) is 4.57 Å². The average molecular weight is 767 g/mol. The summed E-state index contributed by atoms with van der Waals surface area (Å²) in [5, 5.41) is 2.34. The van der Waals surface area contributed by atoms with Crippen LogP contribution in [0.5, 0.6) is 11.5 Å². The largest absolute Gasteiger partial charge is 0.457 e. The highest BCUT2D eigenvalue weighted by molar-refractivity contribution is 6.09. The summed E-state index contributed by atoms with van der Waals surface area (Å²) in [5.41, 5.74) is 10.8. The van der Waals surface area contributed by atoms with Crippen LogP contribution in [0.2, 0.25) is 0 Å². The van der Waals surface area contributed by atoms with Gasteiger partial charge in [0.15, 0.2) is 0 Å². The van der Waals surface area contributed by atoms with Crippen LogP contribution < -0.4 is 14.5 Å². The Bertz CT molecular complexity index is 2630. The summed E-state index contributed by atoms with van der Waals surface area (Å²) in [4.78, 5) is 9.80. The van der Waals surface area contributed by atoms with Crippen LogP contribution in [0.1, 0.15) is 98.4 Å². The molecule has 296 valence electrons. The van der Waals surface area contributed by atoms with Gasteiger partial charge in [0.25, 0.3) is 0 Å². The molecule has 8 rings (SSSR count). The van der Waals surface area contributed by atoms with Crippen LogP contribution in [0, 0.1) is 5.41 Å². The normalized spacial score (nSPS) is 14.1. The monoisotopic (exact) mass is 766 g/mol. The maximum atomic E-state index is 6.73. The molecule has 3 heterocycles. The minimum atomic E-state index is -0.196. The standard InChI is InChI=1S/C53H58N4O/c1-50(2,3)38-28-39(51(4,5)6)30-41(29-38)56-35-55(34-48(56)52(7,8)9)40-20-17-21-42(32-40)58-43-24-25-45-44-22-15-16-23-46(44)57(47(45)33-43)49-31-37(26-27-54-49)53(10,11)36-18-13-12-14-19-36/h12-34H,35H2,1-11H3. The molecular formula is C53H58N4O. The number of pyridine rings is 1. The van der Waals surface area contributed by atoms with Crippen molar-refractivity contribution in [3.8, 4) is 17.3 Å². The zero-order chi connectivity index (χ0) is 41.2. The number of hydrogen-bond acceptors (Lipinski definition) is 4. The van der Waals surface area contributed by atoms with Crippen LogP contribution in [-0.4, -0.2) is 16.2 Å². The van der Waals surface area contributed by atoms with E-state index in [0.717, 1.165) is 39.4 Å². The van der Waals surface area contributed by atoms with Crippen LogP contribution >= 0.6 is 0 Å². The van der Waals surface area contributed by atoms with E-state index < -0.39 is 0 Å². The minimum absolute atomic E-state index is 0.0317. The summed E-state index contributed by atoms with van der Waals surface area (Å²) in [6.07, 6.45) is 4.26. The van der Waals surface area contributed by atoms with Crippen molar-refractivity contribution < 1.29 is 4.74 Å². The molecule has 0 fully saturated rings. The number of fused-ring (bicyclic) bond motifs is 3. The lowest BCUT2D eigenvalue weighted by Gasteiger charge is -2.33. The molecule has 5 nitrogen and oxygen atoms in total. The van der Waals surface area contributed by atoms with E-state index in [4.69, 9.17) is 9.72 Å².